The average Bonchev–Trinajstić information content (AvgIpc) is 2.93. The van der Waals surface area contributed by atoms with Crippen LogP contribution in [0.25, 0.3) is 0 Å². The van der Waals surface area contributed by atoms with Gasteiger partial charge in [0.25, 0.3) is 5.91 Å². The lowest BCUT2D eigenvalue weighted by atomic mass is 10.1. The van der Waals surface area contributed by atoms with E-state index in [1.807, 2.05) is 19.1 Å². The second-order valence-corrected chi connectivity index (χ2v) is 6.26. The first-order chi connectivity index (χ1) is 10.6. The Labute approximate surface area is 133 Å². The number of carbonyl (C=O) groups is 1. The van der Waals surface area contributed by atoms with E-state index < -0.39 is 5.91 Å². The molecule has 1 aliphatic rings. The number of hydrogen-bond acceptors (Lipinski definition) is 6. The zero-order chi connectivity index (χ0) is 15.5. The molecule has 0 unspecified atom stereocenters. The number of nitrogens with two attached hydrogens (primary N) is 1. The van der Waals surface area contributed by atoms with E-state index in [1.54, 1.807) is 6.20 Å². The predicted octanol–water partition coefficient (Wildman–Crippen LogP) is 2.68. The van der Waals surface area contributed by atoms with Crippen molar-refractivity contribution in [2.24, 2.45) is 5.73 Å². The van der Waals surface area contributed by atoms with E-state index in [0.717, 1.165) is 29.5 Å². The monoisotopic (exact) mass is 317 g/mol. The molecular weight excluding hydrogens is 298 g/mol. The molecule has 0 atom stereocenters. The summed E-state index contributed by atoms with van der Waals surface area (Å²) in [6.45, 7) is 3.98. The molecule has 2 aromatic heterocycles. The van der Waals surface area contributed by atoms with Crippen molar-refractivity contribution >= 4 is 33.8 Å². The summed E-state index contributed by atoms with van der Waals surface area (Å²) in [6, 6.07) is 3.89. The number of amides is 1. The molecule has 1 saturated heterocycles. The summed E-state index contributed by atoms with van der Waals surface area (Å²) < 4.78 is 4.23. The number of primary amides is 1. The fourth-order valence-corrected chi connectivity index (χ4v) is 3.30. The van der Waals surface area contributed by atoms with E-state index in [0.29, 0.717) is 5.69 Å². The highest BCUT2D eigenvalue weighted by molar-refractivity contribution is 7.10. The van der Waals surface area contributed by atoms with Gasteiger partial charge in [-0.05, 0) is 49.9 Å². The minimum atomic E-state index is -0.533. The summed E-state index contributed by atoms with van der Waals surface area (Å²) in [4.78, 5) is 18.2. The highest BCUT2D eigenvalue weighted by Gasteiger charge is 2.16. The minimum absolute atomic E-state index is 0.256. The maximum Gasteiger partial charge on any atom is 0.269 e. The lowest BCUT2D eigenvalue weighted by molar-refractivity contribution is 0.0996. The lowest BCUT2D eigenvalue weighted by Crippen LogP contribution is -2.29. The van der Waals surface area contributed by atoms with Gasteiger partial charge in [0.05, 0.1) is 23.3 Å². The molecule has 3 heterocycles. The Balaban J connectivity index is 1.91. The molecule has 0 spiro atoms. The van der Waals surface area contributed by atoms with Gasteiger partial charge in [0.15, 0.2) is 5.69 Å². The molecule has 1 amide bonds. The lowest BCUT2D eigenvalue weighted by Gasteiger charge is -2.29. The number of hydrogen-bond donors (Lipinski definition) is 2. The summed E-state index contributed by atoms with van der Waals surface area (Å²) in [5.74, 6) is -0.533. The number of anilines is 3. The molecule has 0 radical (unpaired) electrons. The Bertz CT molecular complexity index is 678. The third kappa shape index (κ3) is 3.19. The third-order valence-corrected chi connectivity index (χ3v) is 4.51. The molecule has 1 aliphatic heterocycles. The van der Waals surface area contributed by atoms with E-state index >= 15 is 0 Å². The van der Waals surface area contributed by atoms with Crippen LogP contribution >= 0.6 is 11.5 Å². The molecule has 3 N–H and O–H groups in total. The van der Waals surface area contributed by atoms with Gasteiger partial charge >= 0.3 is 0 Å². The summed E-state index contributed by atoms with van der Waals surface area (Å²) in [5.41, 5.74) is 8.29. The van der Waals surface area contributed by atoms with Crippen LogP contribution in [0.3, 0.4) is 0 Å². The van der Waals surface area contributed by atoms with E-state index in [2.05, 4.69) is 19.6 Å². The van der Waals surface area contributed by atoms with Crippen LogP contribution in [0.1, 0.15) is 35.4 Å². The van der Waals surface area contributed by atoms with E-state index in [9.17, 15) is 4.79 Å². The minimum Gasteiger partial charge on any atom is -0.370 e. The van der Waals surface area contributed by atoms with Gasteiger partial charge in [-0.15, -0.1) is 0 Å². The molecule has 0 aliphatic carbocycles. The van der Waals surface area contributed by atoms with Gasteiger partial charge in [-0.3, -0.25) is 4.79 Å². The van der Waals surface area contributed by atoms with Crippen molar-refractivity contribution < 1.29 is 4.79 Å². The van der Waals surface area contributed by atoms with Crippen molar-refractivity contribution in [2.75, 3.05) is 23.3 Å². The first kappa shape index (κ1) is 14.8. The van der Waals surface area contributed by atoms with E-state index in [1.165, 1.54) is 30.8 Å². The molecule has 0 saturated carbocycles. The summed E-state index contributed by atoms with van der Waals surface area (Å²) in [7, 11) is 0. The van der Waals surface area contributed by atoms with E-state index in [4.69, 9.17) is 5.73 Å². The van der Waals surface area contributed by atoms with Crippen molar-refractivity contribution in [1.29, 1.82) is 0 Å². The molecule has 116 valence electrons. The molecule has 0 aromatic carbocycles. The predicted molar refractivity (Wildman–Crippen MR) is 89.0 cm³/mol. The molecule has 0 bridgehead atoms. The Hall–Kier alpha value is -2.15. The second kappa shape index (κ2) is 6.31. The fourth-order valence-electron chi connectivity index (χ4n) is 2.63. The smallest absolute Gasteiger partial charge is 0.269 e. The van der Waals surface area contributed by atoms with Gasteiger partial charge < -0.3 is 16.0 Å². The highest BCUT2D eigenvalue weighted by Crippen LogP contribution is 2.28. The van der Waals surface area contributed by atoms with Crippen molar-refractivity contribution in [3.05, 3.63) is 29.7 Å². The van der Waals surface area contributed by atoms with Crippen LogP contribution < -0.4 is 16.0 Å². The molecule has 22 heavy (non-hydrogen) atoms. The number of carbonyl (C=O) groups excluding carboxylic acids is 1. The van der Waals surface area contributed by atoms with Gasteiger partial charge in [-0.25, -0.2) is 4.98 Å². The molecular formula is C15H19N5OS. The molecule has 7 heteroatoms. The van der Waals surface area contributed by atoms with Gasteiger partial charge in [0, 0.05) is 13.1 Å². The van der Waals surface area contributed by atoms with Crippen molar-refractivity contribution in [3.63, 3.8) is 0 Å². The van der Waals surface area contributed by atoms with Crippen LogP contribution in [0, 0.1) is 6.92 Å². The Morgan fingerprint density at radius 1 is 1.32 bits per heavy atom. The van der Waals surface area contributed by atoms with Crippen molar-refractivity contribution in [1.82, 2.24) is 9.36 Å². The molecule has 3 rings (SSSR count). The Morgan fingerprint density at radius 3 is 2.73 bits per heavy atom. The number of aromatic nitrogens is 2. The van der Waals surface area contributed by atoms with Gasteiger partial charge in [-0.1, -0.05) is 0 Å². The topological polar surface area (TPSA) is 84.1 Å². The fraction of sp³-hybridized carbons (Fsp3) is 0.400. The van der Waals surface area contributed by atoms with Crippen molar-refractivity contribution in [3.8, 4) is 0 Å². The van der Waals surface area contributed by atoms with Crippen LogP contribution in [0.4, 0.5) is 16.4 Å². The second-order valence-electron chi connectivity index (χ2n) is 5.46. The zero-order valence-corrected chi connectivity index (χ0v) is 13.3. The quantitative estimate of drug-likeness (QED) is 0.905. The maximum absolute atomic E-state index is 11.6. The number of pyridine rings is 1. The van der Waals surface area contributed by atoms with Gasteiger partial charge in [-0.2, -0.15) is 4.37 Å². The molecule has 1 fully saturated rings. The number of aryl methyl sites for hydroxylation is 1. The van der Waals surface area contributed by atoms with Crippen LogP contribution in [0.15, 0.2) is 18.3 Å². The number of nitrogens with zero attached hydrogens (tertiary/aromatic N) is 3. The van der Waals surface area contributed by atoms with Crippen molar-refractivity contribution in [2.45, 2.75) is 26.2 Å². The summed E-state index contributed by atoms with van der Waals surface area (Å²) in [6.07, 6.45) is 5.38. The van der Waals surface area contributed by atoms with Gasteiger partial charge in [0.2, 0.25) is 0 Å². The van der Waals surface area contributed by atoms with Crippen LogP contribution in [0.5, 0.6) is 0 Å². The Kier molecular flexibility index (Phi) is 4.24. The molecule has 2 aromatic rings. The number of nitrogens with one attached hydrogen (secondary N) is 1. The standard InChI is InChI=1S/C15H19N5OS/c1-10-7-13(22-19-10)18-12-8-11(9-17-14(12)15(16)21)20-5-3-2-4-6-20/h7-9,18H,2-6H2,1H3,(H2,16,21). The highest BCUT2D eigenvalue weighted by atomic mass is 32.1. The van der Waals surface area contributed by atoms with Crippen LogP contribution in [-0.2, 0) is 0 Å². The summed E-state index contributed by atoms with van der Waals surface area (Å²) in [5, 5.41) is 4.09. The maximum atomic E-state index is 11.6. The van der Waals surface area contributed by atoms with Gasteiger partial charge in [0.1, 0.15) is 5.00 Å². The first-order valence-corrected chi connectivity index (χ1v) is 8.16. The normalized spacial score (nSPS) is 14.9. The van der Waals surface area contributed by atoms with Crippen LogP contribution in [0.2, 0.25) is 0 Å². The Morgan fingerprint density at radius 2 is 2.09 bits per heavy atom. The largest absolute Gasteiger partial charge is 0.370 e. The SMILES string of the molecule is Cc1cc(Nc2cc(N3CCCCC3)cnc2C(N)=O)sn1. The molecule has 6 nitrogen and oxygen atoms in total. The number of piperidine rings is 1. The average molecular weight is 317 g/mol. The van der Waals surface area contributed by atoms with E-state index in [-0.39, 0.29) is 5.69 Å². The summed E-state index contributed by atoms with van der Waals surface area (Å²) >= 11 is 1.35. The first-order valence-electron chi connectivity index (χ1n) is 7.38. The zero-order valence-electron chi connectivity index (χ0n) is 12.5. The third-order valence-electron chi connectivity index (χ3n) is 3.71. The number of rotatable bonds is 4. The van der Waals surface area contributed by atoms with Crippen LogP contribution in [-0.4, -0.2) is 28.4 Å².